The molecule has 1 N–H and O–H groups in total. The van der Waals surface area contributed by atoms with E-state index in [-0.39, 0.29) is 5.54 Å². The number of nitrogens with zero attached hydrogens (tertiary/aromatic N) is 1. The average molecular weight is 274 g/mol. The minimum atomic E-state index is 0.238. The van der Waals surface area contributed by atoms with E-state index in [1.54, 1.807) is 0 Å². The zero-order valence-corrected chi connectivity index (χ0v) is 13.7. The van der Waals surface area contributed by atoms with E-state index in [0.29, 0.717) is 12.0 Å². The lowest BCUT2D eigenvalue weighted by Crippen LogP contribution is -2.61. The molecule has 1 aliphatic rings. The second-order valence-electron chi connectivity index (χ2n) is 7.08. The van der Waals surface area contributed by atoms with Gasteiger partial charge in [-0.15, -0.1) is 0 Å². The number of nitrogens with one attached hydrogen (secondary N) is 1. The molecule has 1 atom stereocenters. The molecule has 112 valence electrons. The summed E-state index contributed by atoms with van der Waals surface area (Å²) >= 11 is 0. The Bertz CT molecular complexity index is 420. The van der Waals surface area contributed by atoms with Crippen LogP contribution in [0.3, 0.4) is 0 Å². The van der Waals surface area contributed by atoms with Gasteiger partial charge in [0.15, 0.2) is 0 Å². The van der Waals surface area contributed by atoms with Crippen molar-refractivity contribution < 1.29 is 0 Å². The van der Waals surface area contributed by atoms with E-state index in [1.165, 1.54) is 17.5 Å². The van der Waals surface area contributed by atoms with Crippen molar-refractivity contribution in [3.05, 3.63) is 35.4 Å². The standard InChI is InChI=1S/C18H30N2/c1-6-17-12-20(18(4,5)13-19-17)11-15-7-9-16(10-8-15)14(2)3/h7-10,14,17,19H,6,11-13H2,1-5H3. The molecule has 1 heterocycles. The van der Waals surface area contributed by atoms with E-state index in [2.05, 4.69) is 69.1 Å². The van der Waals surface area contributed by atoms with Gasteiger partial charge in [-0.25, -0.2) is 0 Å². The predicted octanol–water partition coefficient (Wildman–Crippen LogP) is 3.77. The van der Waals surface area contributed by atoms with Crippen molar-refractivity contribution in [3.63, 3.8) is 0 Å². The summed E-state index contributed by atoms with van der Waals surface area (Å²) in [5.74, 6) is 0.615. The van der Waals surface area contributed by atoms with Crippen LogP contribution in [0.15, 0.2) is 24.3 Å². The van der Waals surface area contributed by atoms with Crippen LogP contribution < -0.4 is 5.32 Å². The van der Waals surface area contributed by atoms with Crippen molar-refractivity contribution in [2.45, 2.75) is 65.1 Å². The fraction of sp³-hybridized carbons (Fsp3) is 0.667. The first kappa shape index (κ1) is 15.5. The lowest BCUT2D eigenvalue weighted by Gasteiger charge is -2.46. The van der Waals surface area contributed by atoms with Crippen molar-refractivity contribution in [3.8, 4) is 0 Å². The molecule has 0 aromatic heterocycles. The molecule has 20 heavy (non-hydrogen) atoms. The Kier molecular flexibility index (Phi) is 4.87. The SMILES string of the molecule is CCC1CN(Cc2ccc(C(C)C)cc2)C(C)(C)CN1. The van der Waals surface area contributed by atoms with Crippen LogP contribution in [0.4, 0.5) is 0 Å². The second kappa shape index (κ2) is 6.28. The topological polar surface area (TPSA) is 15.3 Å². The normalized spacial score (nSPS) is 23.2. The first-order chi connectivity index (χ1) is 9.42. The Morgan fingerprint density at radius 3 is 2.45 bits per heavy atom. The molecule has 0 aliphatic carbocycles. The molecule has 2 nitrogen and oxygen atoms in total. The number of rotatable bonds is 4. The van der Waals surface area contributed by atoms with E-state index >= 15 is 0 Å². The van der Waals surface area contributed by atoms with Gasteiger partial charge < -0.3 is 5.32 Å². The summed E-state index contributed by atoms with van der Waals surface area (Å²) in [5, 5.41) is 3.66. The Balaban J connectivity index is 2.06. The lowest BCUT2D eigenvalue weighted by molar-refractivity contribution is 0.0577. The molecule has 0 spiro atoms. The molecule has 2 rings (SSSR count). The largest absolute Gasteiger partial charge is 0.311 e. The summed E-state index contributed by atoms with van der Waals surface area (Å²) in [6.07, 6.45) is 1.21. The van der Waals surface area contributed by atoms with Gasteiger partial charge in [0.05, 0.1) is 0 Å². The number of piperazine rings is 1. The van der Waals surface area contributed by atoms with Crippen LogP contribution in [-0.2, 0) is 6.54 Å². The Morgan fingerprint density at radius 1 is 1.25 bits per heavy atom. The zero-order valence-electron chi connectivity index (χ0n) is 13.7. The minimum absolute atomic E-state index is 0.238. The molecular weight excluding hydrogens is 244 g/mol. The quantitative estimate of drug-likeness (QED) is 0.899. The van der Waals surface area contributed by atoms with Gasteiger partial charge in [-0.05, 0) is 37.3 Å². The Hall–Kier alpha value is -0.860. The molecule has 0 saturated carbocycles. The number of hydrogen-bond donors (Lipinski definition) is 1. The average Bonchev–Trinajstić information content (AvgIpc) is 2.41. The minimum Gasteiger partial charge on any atom is -0.311 e. The monoisotopic (exact) mass is 274 g/mol. The molecule has 0 radical (unpaired) electrons. The fourth-order valence-corrected chi connectivity index (χ4v) is 2.86. The van der Waals surface area contributed by atoms with Crippen molar-refractivity contribution in [2.24, 2.45) is 0 Å². The van der Waals surface area contributed by atoms with Gasteiger partial charge in [0.25, 0.3) is 0 Å². The first-order valence-corrected chi connectivity index (χ1v) is 7.99. The summed E-state index contributed by atoms with van der Waals surface area (Å²) in [6, 6.07) is 9.81. The first-order valence-electron chi connectivity index (χ1n) is 7.99. The van der Waals surface area contributed by atoms with Crippen molar-refractivity contribution in [1.29, 1.82) is 0 Å². The molecule has 1 aromatic rings. The second-order valence-corrected chi connectivity index (χ2v) is 7.08. The van der Waals surface area contributed by atoms with Crippen molar-refractivity contribution in [1.82, 2.24) is 10.2 Å². The zero-order chi connectivity index (χ0) is 14.8. The molecule has 1 aromatic carbocycles. The third kappa shape index (κ3) is 3.62. The predicted molar refractivity (Wildman–Crippen MR) is 87.1 cm³/mol. The van der Waals surface area contributed by atoms with E-state index in [9.17, 15) is 0 Å². The Morgan fingerprint density at radius 2 is 1.90 bits per heavy atom. The van der Waals surface area contributed by atoms with E-state index in [4.69, 9.17) is 0 Å². The van der Waals surface area contributed by atoms with Gasteiger partial charge in [-0.1, -0.05) is 45.0 Å². The van der Waals surface area contributed by atoms with Crippen LogP contribution in [0.1, 0.15) is 58.1 Å². The maximum absolute atomic E-state index is 3.66. The van der Waals surface area contributed by atoms with Crippen LogP contribution in [0.25, 0.3) is 0 Å². The smallest absolute Gasteiger partial charge is 0.0281 e. The van der Waals surface area contributed by atoms with Crippen molar-refractivity contribution in [2.75, 3.05) is 13.1 Å². The highest BCUT2D eigenvalue weighted by molar-refractivity contribution is 5.25. The van der Waals surface area contributed by atoms with Crippen LogP contribution in [0, 0.1) is 0 Å². The maximum Gasteiger partial charge on any atom is 0.0281 e. The lowest BCUT2D eigenvalue weighted by atomic mass is 9.95. The summed E-state index contributed by atoms with van der Waals surface area (Å²) in [7, 11) is 0. The highest BCUT2D eigenvalue weighted by atomic mass is 15.3. The third-order valence-corrected chi connectivity index (χ3v) is 4.63. The molecule has 1 aliphatic heterocycles. The van der Waals surface area contributed by atoms with Crippen molar-refractivity contribution >= 4 is 0 Å². The molecule has 0 amide bonds. The molecule has 0 bridgehead atoms. The van der Waals surface area contributed by atoms with Gasteiger partial charge in [0.2, 0.25) is 0 Å². The summed E-state index contributed by atoms with van der Waals surface area (Å²) in [4.78, 5) is 2.63. The highest BCUT2D eigenvalue weighted by Gasteiger charge is 2.32. The third-order valence-electron chi connectivity index (χ3n) is 4.63. The maximum atomic E-state index is 3.66. The fourth-order valence-electron chi connectivity index (χ4n) is 2.86. The summed E-state index contributed by atoms with van der Waals surface area (Å²) < 4.78 is 0. The van der Waals surface area contributed by atoms with Crippen LogP contribution in [-0.4, -0.2) is 29.6 Å². The molecular formula is C18H30N2. The van der Waals surface area contributed by atoms with Crippen LogP contribution in [0.2, 0.25) is 0 Å². The van der Waals surface area contributed by atoms with Gasteiger partial charge >= 0.3 is 0 Å². The van der Waals surface area contributed by atoms with Gasteiger partial charge in [0.1, 0.15) is 0 Å². The summed E-state index contributed by atoms with van der Waals surface area (Å²) in [5.41, 5.74) is 3.10. The number of benzene rings is 1. The Labute approximate surface area is 124 Å². The molecule has 2 heteroatoms. The highest BCUT2D eigenvalue weighted by Crippen LogP contribution is 2.23. The van der Waals surface area contributed by atoms with E-state index in [0.717, 1.165) is 19.6 Å². The molecule has 1 saturated heterocycles. The van der Waals surface area contributed by atoms with Gasteiger partial charge in [-0.3, -0.25) is 4.90 Å². The molecule has 1 fully saturated rings. The van der Waals surface area contributed by atoms with E-state index < -0.39 is 0 Å². The van der Waals surface area contributed by atoms with Gasteiger partial charge in [-0.2, -0.15) is 0 Å². The number of hydrogen-bond acceptors (Lipinski definition) is 2. The molecule has 1 unspecified atom stereocenters. The van der Waals surface area contributed by atoms with Crippen LogP contribution in [0.5, 0.6) is 0 Å². The van der Waals surface area contributed by atoms with Gasteiger partial charge in [0, 0.05) is 31.2 Å². The van der Waals surface area contributed by atoms with Crippen LogP contribution >= 0.6 is 0 Å². The van der Waals surface area contributed by atoms with E-state index in [1.807, 2.05) is 0 Å². The summed E-state index contributed by atoms with van der Waals surface area (Å²) in [6.45, 7) is 14.7.